The molecule has 3 amide bonds. The van der Waals surface area contributed by atoms with Crippen LogP contribution in [0.3, 0.4) is 0 Å². The number of anilines is 3. The monoisotopic (exact) mass is 991 g/mol. The van der Waals surface area contributed by atoms with E-state index in [-0.39, 0.29) is 92.5 Å². The number of nitrogens with two attached hydrogens (primary N) is 6. The zero-order chi connectivity index (χ0) is 52.3. The van der Waals surface area contributed by atoms with Crippen molar-refractivity contribution >= 4 is 52.7 Å². The third-order valence-corrected chi connectivity index (χ3v) is 11.9. The van der Waals surface area contributed by atoms with Crippen LogP contribution in [0.4, 0.5) is 31.4 Å². The van der Waals surface area contributed by atoms with Crippen molar-refractivity contribution in [3.8, 4) is 0 Å². The SMILES string of the molecule is Nc1cc(C(=O)[C@@H](N)CCNC(=O)OCc2ccccc2)ccc1C(c1ccc(C(=O)[C@@H](N)CCNC(=O)OCc2ccccc2)cc1N)c1ccc(C(=O)[C@@H](N)CCNC(=O)OCc2ccccc2)cc1N. The largest absolute Gasteiger partial charge is 0.445 e. The molecule has 0 fully saturated rings. The van der Waals surface area contributed by atoms with E-state index < -0.39 is 59.7 Å². The van der Waals surface area contributed by atoms with Gasteiger partial charge in [0, 0.05) is 59.3 Å². The standard InChI is InChI=1S/C55H61N9O9/c56-43(22-25-62-53(68)71-31-34-10-4-1-5-11-34)50(65)37-16-19-40(46(59)28-37)49(41-20-17-38(29-47(41)60)51(66)44(57)23-26-63-54(69)72-32-35-12-6-2-7-13-35)42-21-18-39(30-48(42)61)52(67)45(58)24-27-64-55(70)73-33-36-14-8-3-9-15-36/h1-21,28-30,43-45,49H,22-27,31-33,56-61H2,(H,62,68)(H,63,69)(H,64,70)/t43-,44-,45-/m0/s1. The number of nitrogen functional groups attached to an aromatic ring is 3. The summed E-state index contributed by atoms with van der Waals surface area (Å²) in [5.74, 6) is -2.09. The third kappa shape index (κ3) is 15.7. The molecule has 380 valence electrons. The van der Waals surface area contributed by atoms with E-state index in [1.807, 2.05) is 91.0 Å². The lowest BCUT2D eigenvalue weighted by atomic mass is 9.81. The Morgan fingerprint density at radius 3 is 0.890 bits per heavy atom. The summed E-state index contributed by atoms with van der Waals surface area (Å²) in [6.07, 6.45) is -1.64. The highest BCUT2D eigenvalue weighted by atomic mass is 16.6. The van der Waals surface area contributed by atoms with Crippen LogP contribution in [0.15, 0.2) is 146 Å². The van der Waals surface area contributed by atoms with E-state index in [0.717, 1.165) is 16.7 Å². The number of carbonyl (C=O) groups is 6. The summed E-state index contributed by atoms with van der Waals surface area (Å²) in [5, 5.41) is 7.84. The van der Waals surface area contributed by atoms with Crippen molar-refractivity contribution in [1.82, 2.24) is 16.0 Å². The molecule has 6 aromatic carbocycles. The molecule has 0 aromatic heterocycles. The fourth-order valence-electron chi connectivity index (χ4n) is 7.82. The van der Waals surface area contributed by atoms with Crippen molar-refractivity contribution in [2.75, 3.05) is 36.8 Å². The molecule has 6 aromatic rings. The lowest BCUT2D eigenvalue weighted by Gasteiger charge is -2.25. The van der Waals surface area contributed by atoms with E-state index in [1.54, 1.807) is 36.4 Å². The Morgan fingerprint density at radius 1 is 0.384 bits per heavy atom. The lowest BCUT2D eigenvalue weighted by molar-refractivity contribution is 0.0948. The molecule has 0 spiro atoms. The summed E-state index contributed by atoms with van der Waals surface area (Å²) in [4.78, 5) is 77.6. The minimum atomic E-state index is -0.997. The molecule has 18 nitrogen and oxygen atoms in total. The number of alkyl carbamates (subject to hydrolysis) is 3. The molecule has 3 atom stereocenters. The van der Waals surface area contributed by atoms with Crippen LogP contribution in [0.1, 0.15) is 89.6 Å². The summed E-state index contributed by atoms with van der Waals surface area (Å²) in [5.41, 5.74) is 44.2. The first-order valence-corrected chi connectivity index (χ1v) is 23.6. The van der Waals surface area contributed by atoms with Gasteiger partial charge in [0.05, 0.1) is 18.1 Å². The number of hydrogen-bond acceptors (Lipinski definition) is 15. The summed E-state index contributed by atoms with van der Waals surface area (Å²) in [7, 11) is 0. The second kappa shape index (κ2) is 26.6. The van der Waals surface area contributed by atoms with Crippen molar-refractivity contribution in [3.63, 3.8) is 0 Å². The van der Waals surface area contributed by atoms with Crippen LogP contribution in [0.2, 0.25) is 0 Å². The summed E-state index contributed by atoms with van der Waals surface area (Å²) in [6, 6.07) is 38.7. The number of ether oxygens (including phenoxy) is 3. The van der Waals surface area contributed by atoms with Crippen LogP contribution in [0.5, 0.6) is 0 Å². The minimum absolute atomic E-state index is 0.0724. The molecule has 0 saturated heterocycles. The van der Waals surface area contributed by atoms with Crippen molar-refractivity contribution < 1.29 is 43.0 Å². The van der Waals surface area contributed by atoms with Gasteiger partial charge in [-0.15, -0.1) is 0 Å². The maximum atomic E-state index is 13.6. The maximum Gasteiger partial charge on any atom is 0.407 e. The van der Waals surface area contributed by atoms with Crippen LogP contribution in [0, 0.1) is 0 Å². The van der Waals surface area contributed by atoms with Gasteiger partial charge < -0.3 is 64.6 Å². The molecule has 0 radical (unpaired) electrons. The van der Waals surface area contributed by atoms with Gasteiger partial charge >= 0.3 is 18.3 Å². The highest BCUT2D eigenvalue weighted by Gasteiger charge is 2.28. The summed E-state index contributed by atoms with van der Waals surface area (Å²) < 4.78 is 15.7. The number of amides is 3. The molecule has 0 aliphatic carbocycles. The van der Waals surface area contributed by atoms with Crippen LogP contribution < -0.4 is 50.4 Å². The quantitative estimate of drug-likeness (QED) is 0.0143. The van der Waals surface area contributed by atoms with Crippen LogP contribution in [-0.4, -0.2) is 73.4 Å². The number of carbonyl (C=O) groups excluding carboxylic acids is 6. The smallest absolute Gasteiger partial charge is 0.407 e. The van der Waals surface area contributed by atoms with Crippen LogP contribution in [0.25, 0.3) is 0 Å². The maximum absolute atomic E-state index is 13.6. The van der Waals surface area contributed by atoms with Gasteiger partial charge in [0.15, 0.2) is 17.3 Å². The zero-order valence-electron chi connectivity index (χ0n) is 40.2. The number of Topliss-reactive ketones (excluding diaryl/α,β-unsaturated/α-hetero) is 3. The predicted octanol–water partition coefficient (Wildman–Crippen LogP) is 6.09. The Labute approximate surface area is 423 Å². The van der Waals surface area contributed by atoms with Crippen molar-refractivity contribution in [3.05, 3.63) is 196 Å². The zero-order valence-corrected chi connectivity index (χ0v) is 40.2. The summed E-state index contributed by atoms with van der Waals surface area (Å²) in [6.45, 7) is 0.462. The second-order valence-electron chi connectivity index (χ2n) is 17.2. The lowest BCUT2D eigenvalue weighted by Crippen LogP contribution is -2.36. The Hall–Kier alpha value is -8.58. The topological polar surface area (TPSA) is 322 Å². The highest BCUT2D eigenvalue weighted by Crippen LogP contribution is 2.41. The number of benzene rings is 6. The molecular weight excluding hydrogens is 931 g/mol. The molecule has 0 aliphatic rings. The van der Waals surface area contributed by atoms with Crippen molar-refractivity contribution in [2.45, 2.75) is 63.1 Å². The number of nitrogens with one attached hydrogen (secondary N) is 3. The van der Waals surface area contributed by atoms with Gasteiger partial charge in [-0.05, 0) is 70.8 Å². The molecule has 18 heteroatoms. The van der Waals surface area contributed by atoms with E-state index in [4.69, 9.17) is 48.6 Å². The van der Waals surface area contributed by atoms with E-state index in [0.29, 0.717) is 16.7 Å². The molecule has 0 heterocycles. The average Bonchev–Trinajstić information content (AvgIpc) is 3.40. The fourth-order valence-corrected chi connectivity index (χ4v) is 7.82. The molecule has 0 bridgehead atoms. The number of hydrogen-bond donors (Lipinski definition) is 9. The number of rotatable bonds is 24. The van der Waals surface area contributed by atoms with Crippen molar-refractivity contribution in [1.29, 1.82) is 0 Å². The van der Waals surface area contributed by atoms with Gasteiger partial charge in [-0.25, -0.2) is 14.4 Å². The average molecular weight is 992 g/mol. The first-order valence-electron chi connectivity index (χ1n) is 23.6. The Kier molecular flexibility index (Phi) is 19.6. The second-order valence-corrected chi connectivity index (χ2v) is 17.2. The molecular formula is C55H61N9O9. The third-order valence-electron chi connectivity index (χ3n) is 11.9. The molecule has 73 heavy (non-hydrogen) atoms. The minimum Gasteiger partial charge on any atom is -0.445 e. The fraction of sp³-hybridized carbons (Fsp3) is 0.236. The van der Waals surface area contributed by atoms with E-state index in [2.05, 4.69) is 16.0 Å². The Bertz CT molecular complexity index is 2550. The van der Waals surface area contributed by atoms with Crippen molar-refractivity contribution in [2.24, 2.45) is 17.2 Å². The molecule has 0 saturated carbocycles. The molecule has 0 aliphatic heterocycles. The van der Waals surface area contributed by atoms with E-state index in [1.165, 1.54) is 18.2 Å². The molecule has 6 rings (SSSR count). The summed E-state index contributed by atoms with van der Waals surface area (Å²) >= 11 is 0. The van der Waals surface area contributed by atoms with E-state index in [9.17, 15) is 28.8 Å². The number of ketones is 3. The van der Waals surface area contributed by atoms with Gasteiger partial charge in [0.2, 0.25) is 0 Å². The van der Waals surface area contributed by atoms with Gasteiger partial charge in [0.1, 0.15) is 19.8 Å². The normalized spacial score (nSPS) is 12.2. The first-order chi connectivity index (χ1) is 35.2. The van der Waals surface area contributed by atoms with Gasteiger partial charge in [-0.2, -0.15) is 0 Å². The van der Waals surface area contributed by atoms with Gasteiger partial charge in [-0.3, -0.25) is 14.4 Å². The molecule has 0 unspecified atom stereocenters. The van der Waals surface area contributed by atoms with Crippen LogP contribution >= 0.6 is 0 Å². The van der Waals surface area contributed by atoms with Gasteiger partial charge in [0.25, 0.3) is 0 Å². The van der Waals surface area contributed by atoms with E-state index >= 15 is 0 Å². The Balaban J connectivity index is 1.16. The molecule has 15 N–H and O–H groups in total. The van der Waals surface area contributed by atoms with Gasteiger partial charge in [-0.1, -0.05) is 127 Å². The highest BCUT2D eigenvalue weighted by molar-refractivity contribution is 6.02. The Morgan fingerprint density at radius 2 is 0.644 bits per heavy atom. The first kappa shape index (κ1) is 53.8. The predicted molar refractivity (Wildman–Crippen MR) is 278 cm³/mol. The van der Waals surface area contributed by atoms with Crippen LogP contribution in [-0.2, 0) is 34.0 Å².